The molecule has 8 heteroatoms. The summed E-state index contributed by atoms with van der Waals surface area (Å²) in [6.45, 7) is 9.05. The Bertz CT molecular complexity index is 1270. The van der Waals surface area contributed by atoms with Crippen LogP contribution >= 0.6 is 0 Å². The fourth-order valence-corrected chi connectivity index (χ4v) is 5.00. The number of hydrogen-bond acceptors (Lipinski definition) is 4. The molecule has 1 fully saturated rings. The molecule has 1 N–H and O–H groups in total. The molecular formula is C26H35N5O3. The Labute approximate surface area is 199 Å². The van der Waals surface area contributed by atoms with Crippen LogP contribution in [0.3, 0.4) is 0 Å². The number of hydrogen-bond donors (Lipinski definition) is 1. The maximum Gasteiger partial charge on any atom is 0.333 e. The first-order valence-electron chi connectivity index (χ1n) is 12.3. The van der Waals surface area contributed by atoms with Gasteiger partial charge in [-0.25, -0.2) is 14.3 Å². The van der Waals surface area contributed by atoms with Crippen molar-refractivity contribution < 1.29 is 4.79 Å². The Hall–Kier alpha value is -3.16. The van der Waals surface area contributed by atoms with Crippen LogP contribution in [0.5, 0.6) is 0 Å². The maximum atomic E-state index is 13.5. The molecule has 1 aromatic carbocycles. The minimum Gasteiger partial charge on any atom is -0.352 e. The number of nitrogens with one attached hydrogen (secondary N) is 1. The lowest BCUT2D eigenvalue weighted by Gasteiger charge is -2.34. The van der Waals surface area contributed by atoms with Crippen LogP contribution in [0, 0.1) is 17.8 Å². The second-order valence-corrected chi connectivity index (χ2v) is 10.1. The van der Waals surface area contributed by atoms with Crippen molar-refractivity contribution in [3.8, 4) is 0 Å². The summed E-state index contributed by atoms with van der Waals surface area (Å²) in [6, 6.07) is 9.65. The molecule has 0 aliphatic heterocycles. The van der Waals surface area contributed by atoms with Crippen molar-refractivity contribution in [1.82, 2.24) is 24.0 Å². The van der Waals surface area contributed by atoms with Crippen molar-refractivity contribution in [2.75, 3.05) is 0 Å². The van der Waals surface area contributed by atoms with Crippen molar-refractivity contribution in [2.45, 2.75) is 72.6 Å². The van der Waals surface area contributed by atoms with Crippen molar-refractivity contribution >= 4 is 17.1 Å². The van der Waals surface area contributed by atoms with E-state index in [4.69, 9.17) is 0 Å². The second kappa shape index (κ2) is 9.99. The molecule has 3 atom stereocenters. The molecule has 4 rings (SSSR count). The van der Waals surface area contributed by atoms with E-state index in [-0.39, 0.29) is 31.0 Å². The van der Waals surface area contributed by atoms with E-state index >= 15 is 0 Å². The monoisotopic (exact) mass is 465 g/mol. The van der Waals surface area contributed by atoms with E-state index in [2.05, 4.69) is 38.0 Å². The molecule has 0 radical (unpaired) electrons. The van der Waals surface area contributed by atoms with Crippen LogP contribution < -0.4 is 16.6 Å². The fourth-order valence-electron chi connectivity index (χ4n) is 5.00. The third kappa shape index (κ3) is 4.86. The van der Waals surface area contributed by atoms with Gasteiger partial charge in [0.1, 0.15) is 6.54 Å². The number of amides is 1. The van der Waals surface area contributed by atoms with E-state index in [1.54, 1.807) is 10.9 Å². The summed E-state index contributed by atoms with van der Waals surface area (Å²) >= 11 is 0. The summed E-state index contributed by atoms with van der Waals surface area (Å²) in [6.07, 6.45) is 4.77. The summed E-state index contributed by atoms with van der Waals surface area (Å²) in [5.74, 6) is 0.884. The highest BCUT2D eigenvalue weighted by atomic mass is 16.2. The topological polar surface area (TPSA) is 90.9 Å². The lowest BCUT2D eigenvalue weighted by Crippen LogP contribution is -2.48. The van der Waals surface area contributed by atoms with Crippen LogP contribution in [0.2, 0.25) is 0 Å². The Morgan fingerprint density at radius 3 is 2.56 bits per heavy atom. The van der Waals surface area contributed by atoms with E-state index in [0.717, 1.165) is 29.4 Å². The van der Waals surface area contributed by atoms with Gasteiger partial charge in [-0.05, 0) is 29.7 Å². The van der Waals surface area contributed by atoms with E-state index in [0.29, 0.717) is 29.5 Å². The molecule has 0 unspecified atom stereocenters. The lowest BCUT2D eigenvalue weighted by molar-refractivity contribution is -0.123. The van der Waals surface area contributed by atoms with Crippen molar-refractivity contribution in [2.24, 2.45) is 17.8 Å². The van der Waals surface area contributed by atoms with E-state index < -0.39 is 11.2 Å². The Kier molecular flexibility index (Phi) is 7.05. The number of benzene rings is 1. The number of imidazole rings is 1. The molecule has 1 aliphatic rings. The molecule has 0 spiro atoms. The Balaban J connectivity index is 1.73. The zero-order valence-electron chi connectivity index (χ0n) is 20.5. The number of rotatable bonds is 7. The number of carbonyl (C=O) groups excluding carboxylic acids is 1. The molecule has 2 heterocycles. The van der Waals surface area contributed by atoms with Gasteiger partial charge in [0, 0.05) is 12.6 Å². The van der Waals surface area contributed by atoms with E-state index in [1.165, 1.54) is 4.57 Å². The summed E-state index contributed by atoms with van der Waals surface area (Å²) in [5.41, 5.74) is 0.644. The predicted molar refractivity (Wildman–Crippen MR) is 133 cm³/mol. The third-order valence-electron chi connectivity index (χ3n) is 7.08. The van der Waals surface area contributed by atoms with Crippen LogP contribution in [-0.2, 0) is 24.4 Å². The molecular weight excluding hydrogens is 430 g/mol. The molecule has 1 saturated carbocycles. The van der Waals surface area contributed by atoms with Crippen LogP contribution in [0.1, 0.15) is 52.5 Å². The first kappa shape index (κ1) is 24.0. The van der Waals surface area contributed by atoms with Crippen LogP contribution in [0.25, 0.3) is 11.2 Å². The first-order chi connectivity index (χ1) is 16.3. The van der Waals surface area contributed by atoms with Crippen LogP contribution in [0.4, 0.5) is 0 Å². The van der Waals surface area contributed by atoms with Gasteiger partial charge in [0.2, 0.25) is 5.91 Å². The minimum atomic E-state index is -0.517. The normalized spacial score (nSPS) is 20.7. The molecule has 182 valence electrons. The number of fused-ring (bicyclic) bond motifs is 1. The van der Waals surface area contributed by atoms with Crippen molar-refractivity contribution in [3.05, 3.63) is 63.1 Å². The van der Waals surface area contributed by atoms with Crippen molar-refractivity contribution in [3.63, 3.8) is 0 Å². The minimum absolute atomic E-state index is 0.0636. The third-order valence-corrected chi connectivity index (χ3v) is 7.08. The van der Waals surface area contributed by atoms with Gasteiger partial charge in [-0.2, -0.15) is 0 Å². The van der Waals surface area contributed by atoms with Gasteiger partial charge in [-0.15, -0.1) is 0 Å². The van der Waals surface area contributed by atoms with Gasteiger partial charge in [0.25, 0.3) is 5.56 Å². The van der Waals surface area contributed by atoms with Crippen LogP contribution in [0.15, 0.2) is 46.2 Å². The standard InChI is InChI=1S/C26H35N5O3/c1-17(2)13-29-16-27-24-23(29)25(33)31(26(34)30(24)14-20-10-6-5-7-11-20)15-22(32)28-21-12-8-9-18(3)19(21)4/h5-7,10-11,16-19,21H,8-9,12-15H2,1-4H3,(H,28,32)/t18-,19+,21+/m1/s1. The molecule has 8 nitrogen and oxygen atoms in total. The number of carbonyl (C=O) groups is 1. The smallest absolute Gasteiger partial charge is 0.333 e. The van der Waals surface area contributed by atoms with Crippen LogP contribution in [-0.4, -0.2) is 30.6 Å². The zero-order valence-corrected chi connectivity index (χ0v) is 20.5. The van der Waals surface area contributed by atoms with Gasteiger partial charge < -0.3 is 9.88 Å². The molecule has 0 saturated heterocycles. The largest absolute Gasteiger partial charge is 0.352 e. The Morgan fingerprint density at radius 2 is 1.85 bits per heavy atom. The van der Waals surface area contributed by atoms with Gasteiger partial charge in [-0.1, -0.05) is 70.9 Å². The molecule has 1 aliphatic carbocycles. The first-order valence-corrected chi connectivity index (χ1v) is 12.3. The van der Waals surface area contributed by atoms with Crippen molar-refractivity contribution in [1.29, 1.82) is 0 Å². The average molecular weight is 466 g/mol. The predicted octanol–water partition coefficient (Wildman–Crippen LogP) is 3.00. The highest BCUT2D eigenvalue weighted by Gasteiger charge is 2.29. The molecule has 3 aromatic rings. The van der Waals surface area contributed by atoms with Gasteiger partial charge >= 0.3 is 5.69 Å². The zero-order chi connectivity index (χ0) is 24.4. The average Bonchev–Trinajstić information content (AvgIpc) is 3.21. The highest BCUT2D eigenvalue weighted by molar-refractivity contribution is 5.77. The van der Waals surface area contributed by atoms with E-state index in [9.17, 15) is 14.4 Å². The second-order valence-electron chi connectivity index (χ2n) is 10.1. The van der Waals surface area contributed by atoms with Gasteiger partial charge in [-0.3, -0.25) is 14.2 Å². The van der Waals surface area contributed by atoms with Gasteiger partial charge in [0.05, 0.1) is 12.9 Å². The summed E-state index contributed by atoms with van der Waals surface area (Å²) < 4.78 is 4.36. The Morgan fingerprint density at radius 1 is 1.12 bits per heavy atom. The molecule has 2 aromatic heterocycles. The molecule has 1 amide bonds. The number of nitrogens with zero attached hydrogens (tertiary/aromatic N) is 4. The quantitative estimate of drug-likeness (QED) is 0.581. The molecule has 0 bridgehead atoms. The lowest BCUT2D eigenvalue weighted by atomic mass is 9.78. The summed E-state index contributed by atoms with van der Waals surface area (Å²) in [4.78, 5) is 44.4. The number of aromatic nitrogens is 4. The van der Waals surface area contributed by atoms with Gasteiger partial charge in [0.15, 0.2) is 11.2 Å². The maximum absolute atomic E-state index is 13.5. The molecule has 34 heavy (non-hydrogen) atoms. The summed E-state index contributed by atoms with van der Waals surface area (Å²) in [5, 5.41) is 3.09. The van der Waals surface area contributed by atoms with E-state index in [1.807, 2.05) is 30.3 Å². The SMILES string of the molecule is CC(C)Cn1cnc2c1c(=O)n(CC(=O)N[C@H]1CCC[C@@H](C)[C@@H]1C)c(=O)n2Cc1ccccc1. The summed E-state index contributed by atoms with van der Waals surface area (Å²) in [7, 11) is 0. The highest BCUT2D eigenvalue weighted by Crippen LogP contribution is 2.29. The fraction of sp³-hybridized carbons (Fsp3) is 0.538.